The van der Waals surface area contributed by atoms with Gasteiger partial charge in [-0.3, -0.25) is 0 Å². The van der Waals surface area contributed by atoms with Crippen LogP contribution in [0.5, 0.6) is 11.5 Å². The lowest BCUT2D eigenvalue weighted by molar-refractivity contribution is 0.340. The fraction of sp³-hybridized carbons (Fsp3) is 0.231. The average molecular weight is 280 g/mol. The Morgan fingerprint density at radius 1 is 1.32 bits per heavy atom. The van der Waals surface area contributed by atoms with Crippen LogP contribution in [0.3, 0.4) is 0 Å². The molecule has 0 amide bonds. The molecule has 0 bridgehead atoms. The van der Waals surface area contributed by atoms with Gasteiger partial charge in [0.25, 0.3) is 0 Å². The molecule has 1 aromatic carbocycles. The van der Waals surface area contributed by atoms with Crippen LogP contribution >= 0.6 is 11.6 Å². The van der Waals surface area contributed by atoms with Crippen molar-refractivity contribution in [3.05, 3.63) is 35.7 Å². The van der Waals surface area contributed by atoms with Crippen molar-refractivity contribution in [1.82, 2.24) is 9.97 Å². The summed E-state index contributed by atoms with van der Waals surface area (Å²) in [6.07, 6.45) is 1.37. The normalized spacial score (nSPS) is 10.1. The molecule has 2 rings (SSSR count). The Kier molecular flexibility index (Phi) is 4.41. The summed E-state index contributed by atoms with van der Waals surface area (Å²) >= 11 is 5.94. The quantitative estimate of drug-likeness (QED) is 0.851. The van der Waals surface area contributed by atoms with Crippen LogP contribution < -0.4 is 14.8 Å². The van der Waals surface area contributed by atoms with E-state index in [4.69, 9.17) is 21.1 Å². The molecule has 0 fully saturated rings. The largest absolute Gasteiger partial charge is 0.494 e. The van der Waals surface area contributed by atoms with Crippen molar-refractivity contribution in [3.8, 4) is 11.5 Å². The molecule has 0 aliphatic carbocycles. The van der Waals surface area contributed by atoms with Crippen molar-refractivity contribution in [2.75, 3.05) is 19.0 Å². The highest BCUT2D eigenvalue weighted by molar-refractivity contribution is 6.31. The topological polar surface area (TPSA) is 56.3 Å². The summed E-state index contributed by atoms with van der Waals surface area (Å²) in [7, 11) is 1.52. The van der Waals surface area contributed by atoms with Crippen molar-refractivity contribution in [2.45, 2.75) is 6.92 Å². The summed E-state index contributed by atoms with van der Waals surface area (Å²) in [5.41, 5.74) is 0.832. The molecule has 0 radical (unpaired) electrons. The number of benzene rings is 1. The number of aromatic nitrogens is 2. The molecule has 0 aliphatic rings. The van der Waals surface area contributed by atoms with Gasteiger partial charge in [0.2, 0.25) is 0 Å². The second kappa shape index (κ2) is 6.24. The minimum absolute atomic E-state index is 0.265. The van der Waals surface area contributed by atoms with Gasteiger partial charge in [-0.2, -0.15) is 0 Å². The van der Waals surface area contributed by atoms with Gasteiger partial charge in [0.15, 0.2) is 16.7 Å². The number of anilines is 2. The van der Waals surface area contributed by atoms with Crippen LogP contribution in [0.1, 0.15) is 6.92 Å². The van der Waals surface area contributed by atoms with E-state index in [0.717, 1.165) is 11.4 Å². The molecule has 19 heavy (non-hydrogen) atoms. The molecule has 0 unspecified atom stereocenters. The molecule has 0 aliphatic heterocycles. The van der Waals surface area contributed by atoms with Gasteiger partial charge >= 0.3 is 0 Å². The molecule has 1 heterocycles. The molecule has 0 atom stereocenters. The molecule has 0 saturated heterocycles. The minimum atomic E-state index is 0.265. The van der Waals surface area contributed by atoms with Crippen molar-refractivity contribution in [1.29, 1.82) is 0 Å². The van der Waals surface area contributed by atoms with Gasteiger partial charge < -0.3 is 14.8 Å². The molecule has 1 aromatic heterocycles. The Morgan fingerprint density at radius 3 is 2.89 bits per heavy atom. The Labute approximate surface area is 116 Å². The average Bonchev–Trinajstić information content (AvgIpc) is 2.40. The summed E-state index contributed by atoms with van der Waals surface area (Å²) in [6.45, 7) is 2.55. The lowest BCUT2D eigenvalue weighted by Crippen LogP contribution is -1.99. The van der Waals surface area contributed by atoms with E-state index in [2.05, 4.69) is 15.3 Å². The smallest absolute Gasteiger partial charge is 0.199 e. The number of rotatable bonds is 5. The molecule has 5 nitrogen and oxygen atoms in total. The number of halogens is 1. The van der Waals surface area contributed by atoms with Gasteiger partial charge in [-0.1, -0.05) is 17.7 Å². The Balaban J connectivity index is 2.26. The lowest BCUT2D eigenvalue weighted by atomic mass is 10.3. The standard InChI is InChI=1S/C13H14ClN3O2/c1-3-19-10-6-4-5-9(7-10)17-13-11(18-2)12(14)15-8-16-13/h4-8H,3H2,1-2H3,(H,15,16,17). The first-order chi connectivity index (χ1) is 9.24. The van der Waals surface area contributed by atoms with E-state index in [1.807, 2.05) is 31.2 Å². The summed E-state index contributed by atoms with van der Waals surface area (Å²) in [6, 6.07) is 7.55. The number of hydrogen-bond acceptors (Lipinski definition) is 5. The van der Waals surface area contributed by atoms with E-state index < -0.39 is 0 Å². The fourth-order valence-electron chi connectivity index (χ4n) is 1.59. The minimum Gasteiger partial charge on any atom is -0.494 e. The lowest BCUT2D eigenvalue weighted by Gasteiger charge is -2.11. The molecule has 2 aromatic rings. The maximum absolute atomic E-state index is 5.94. The highest BCUT2D eigenvalue weighted by Gasteiger charge is 2.10. The predicted octanol–water partition coefficient (Wildman–Crippen LogP) is 3.28. The van der Waals surface area contributed by atoms with Crippen molar-refractivity contribution >= 4 is 23.1 Å². The summed E-state index contributed by atoms with van der Waals surface area (Å²) < 4.78 is 10.6. The Morgan fingerprint density at radius 2 is 2.16 bits per heavy atom. The molecule has 0 saturated carbocycles. The molecular weight excluding hydrogens is 266 g/mol. The van der Waals surface area contributed by atoms with Crippen LogP contribution in [-0.4, -0.2) is 23.7 Å². The van der Waals surface area contributed by atoms with Gasteiger partial charge in [0, 0.05) is 11.8 Å². The van der Waals surface area contributed by atoms with Gasteiger partial charge in [-0.25, -0.2) is 9.97 Å². The second-order valence-electron chi connectivity index (χ2n) is 3.63. The third-order valence-corrected chi connectivity index (χ3v) is 2.64. The zero-order valence-electron chi connectivity index (χ0n) is 10.7. The molecule has 1 N–H and O–H groups in total. The first-order valence-corrected chi connectivity index (χ1v) is 6.16. The van der Waals surface area contributed by atoms with Gasteiger partial charge in [-0.05, 0) is 19.1 Å². The van der Waals surface area contributed by atoms with Crippen molar-refractivity contribution in [3.63, 3.8) is 0 Å². The third kappa shape index (κ3) is 3.26. The van der Waals surface area contributed by atoms with Gasteiger partial charge in [0.1, 0.15) is 12.1 Å². The Bertz CT molecular complexity index is 563. The van der Waals surface area contributed by atoms with E-state index >= 15 is 0 Å². The third-order valence-electron chi connectivity index (χ3n) is 2.37. The van der Waals surface area contributed by atoms with E-state index in [0.29, 0.717) is 18.2 Å². The Hall–Kier alpha value is -2.01. The number of hydrogen-bond donors (Lipinski definition) is 1. The highest BCUT2D eigenvalue weighted by atomic mass is 35.5. The van der Waals surface area contributed by atoms with Gasteiger partial charge in [0.05, 0.1) is 13.7 Å². The summed E-state index contributed by atoms with van der Waals surface area (Å²) in [5, 5.41) is 3.39. The molecule has 100 valence electrons. The number of ether oxygens (including phenoxy) is 2. The first-order valence-electron chi connectivity index (χ1n) is 5.79. The molecule has 0 spiro atoms. The summed E-state index contributed by atoms with van der Waals surface area (Å²) in [5.74, 6) is 1.70. The summed E-state index contributed by atoms with van der Waals surface area (Å²) in [4.78, 5) is 7.97. The van der Waals surface area contributed by atoms with E-state index in [-0.39, 0.29) is 5.15 Å². The number of nitrogens with one attached hydrogen (secondary N) is 1. The van der Waals surface area contributed by atoms with Crippen LogP contribution in [-0.2, 0) is 0 Å². The van der Waals surface area contributed by atoms with Crippen LogP contribution in [0, 0.1) is 0 Å². The highest BCUT2D eigenvalue weighted by Crippen LogP contribution is 2.31. The molecular formula is C13H14ClN3O2. The zero-order valence-corrected chi connectivity index (χ0v) is 11.4. The van der Waals surface area contributed by atoms with Crippen LogP contribution in [0.15, 0.2) is 30.6 Å². The van der Waals surface area contributed by atoms with E-state index in [1.54, 1.807) is 0 Å². The van der Waals surface area contributed by atoms with Gasteiger partial charge in [-0.15, -0.1) is 0 Å². The van der Waals surface area contributed by atoms with Crippen LogP contribution in [0.4, 0.5) is 11.5 Å². The maximum Gasteiger partial charge on any atom is 0.199 e. The number of methoxy groups -OCH3 is 1. The van der Waals surface area contributed by atoms with Crippen molar-refractivity contribution in [2.24, 2.45) is 0 Å². The monoisotopic (exact) mass is 279 g/mol. The van der Waals surface area contributed by atoms with Crippen LogP contribution in [0.2, 0.25) is 5.15 Å². The SMILES string of the molecule is CCOc1cccc(Nc2ncnc(Cl)c2OC)c1. The van der Waals surface area contributed by atoms with E-state index in [9.17, 15) is 0 Å². The number of nitrogens with zero attached hydrogens (tertiary/aromatic N) is 2. The maximum atomic E-state index is 5.94. The van der Waals surface area contributed by atoms with E-state index in [1.165, 1.54) is 13.4 Å². The zero-order chi connectivity index (χ0) is 13.7. The first kappa shape index (κ1) is 13.4. The molecule has 6 heteroatoms. The van der Waals surface area contributed by atoms with Crippen LogP contribution in [0.25, 0.3) is 0 Å². The second-order valence-corrected chi connectivity index (χ2v) is 3.99. The fourth-order valence-corrected chi connectivity index (χ4v) is 1.80. The van der Waals surface area contributed by atoms with Crippen molar-refractivity contribution < 1.29 is 9.47 Å². The predicted molar refractivity (Wildman–Crippen MR) is 74.5 cm³/mol.